The zero-order valence-electron chi connectivity index (χ0n) is 10.8. The van der Waals surface area contributed by atoms with Crippen molar-refractivity contribution in [1.29, 1.82) is 0 Å². The predicted molar refractivity (Wildman–Crippen MR) is 67.6 cm³/mol. The van der Waals surface area contributed by atoms with Gasteiger partial charge < -0.3 is 5.32 Å². The van der Waals surface area contributed by atoms with Gasteiger partial charge in [-0.05, 0) is 37.2 Å². The van der Waals surface area contributed by atoms with Gasteiger partial charge in [0, 0.05) is 23.9 Å². The summed E-state index contributed by atoms with van der Waals surface area (Å²) in [6.45, 7) is 4.42. The Labute approximate surface area is 107 Å². The number of hydrogen-bond donors (Lipinski definition) is 1. The van der Waals surface area contributed by atoms with Crippen LogP contribution in [0.4, 0.5) is 4.39 Å². The highest BCUT2D eigenvalue weighted by Crippen LogP contribution is 2.28. The van der Waals surface area contributed by atoms with Gasteiger partial charge in [0.15, 0.2) is 0 Å². The lowest BCUT2D eigenvalue weighted by Gasteiger charge is -2.31. The molecule has 2 unspecified atom stereocenters. The molecule has 0 aliphatic heterocycles. The minimum absolute atomic E-state index is 0.201. The van der Waals surface area contributed by atoms with Crippen molar-refractivity contribution >= 4 is 5.91 Å². The van der Waals surface area contributed by atoms with E-state index in [0.717, 1.165) is 12.8 Å². The highest BCUT2D eigenvalue weighted by molar-refractivity contribution is 5.94. The number of amides is 1. The van der Waals surface area contributed by atoms with E-state index in [1.807, 2.05) is 0 Å². The van der Waals surface area contributed by atoms with E-state index in [4.69, 9.17) is 0 Å². The molecule has 0 radical (unpaired) electrons. The van der Waals surface area contributed by atoms with E-state index in [1.54, 1.807) is 0 Å². The highest BCUT2D eigenvalue weighted by atomic mass is 19.1. The lowest BCUT2D eigenvalue weighted by atomic mass is 9.80. The van der Waals surface area contributed by atoms with Crippen LogP contribution in [0.3, 0.4) is 0 Å². The van der Waals surface area contributed by atoms with Crippen molar-refractivity contribution in [2.24, 2.45) is 11.8 Å². The summed E-state index contributed by atoms with van der Waals surface area (Å²) in [7, 11) is 0. The van der Waals surface area contributed by atoms with Crippen molar-refractivity contribution in [2.75, 3.05) is 0 Å². The Morgan fingerprint density at radius 2 is 2.00 bits per heavy atom. The minimum Gasteiger partial charge on any atom is -0.349 e. The molecule has 1 fully saturated rings. The Morgan fingerprint density at radius 1 is 1.33 bits per heavy atom. The lowest BCUT2D eigenvalue weighted by molar-refractivity contribution is 0.0910. The van der Waals surface area contributed by atoms with Gasteiger partial charge in [0.1, 0.15) is 0 Å². The van der Waals surface area contributed by atoms with Crippen molar-refractivity contribution in [2.45, 2.75) is 39.2 Å². The maximum Gasteiger partial charge on any atom is 0.251 e. The van der Waals surface area contributed by atoms with Crippen LogP contribution in [-0.2, 0) is 0 Å². The lowest BCUT2D eigenvalue weighted by Crippen LogP contribution is -2.40. The quantitative estimate of drug-likeness (QED) is 0.820. The molecule has 0 bridgehead atoms. The van der Waals surface area contributed by atoms with Crippen LogP contribution in [-0.4, -0.2) is 16.9 Å². The molecule has 98 valence electrons. The van der Waals surface area contributed by atoms with E-state index in [9.17, 15) is 9.18 Å². The van der Waals surface area contributed by atoms with Gasteiger partial charge in [-0.25, -0.2) is 4.98 Å². The Bertz CT molecular complexity index is 426. The molecule has 1 aliphatic rings. The number of carbonyl (C=O) groups excluding carboxylic acids is 1. The van der Waals surface area contributed by atoms with Crippen molar-refractivity contribution < 1.29 is 9.18 Å². The summed E-state index contributed by atoms with van der Waals surface area (Å²) in [5, 5.41) is 2.99. The second-order valence-electron chi connectivity index (χ2n) is 5.46. The number of carbonyl (C=O) groups is 1. The van der Waals surface area contributed by atoms with Crippen LogP contribution in [0.2, 0.25) is 0 Å². The molecular formula is C14H19FN2O. The predicted octanol–water partition coefficient (Wildman–Crippen LogP) is 2.78. The maximum atomic E-state index is 12.9. The van der Waals surface area contributed by atoms with Gasteiger partial charge in [-0.3, -0.25) is 4.79 Å². The number of aromatic nitrogens is 1. The van der Waals surface area contributed by atoms with Crippen LogP contribution in [0.25, 0.3) is 0 Å². The van der Waals surface area contributed by atoms with Crippen LogP contribution in [0, 0.1) is 17.8 Å². The Hall–Kier alpha value is -1.45. The molecule has 1 aromatic heterocycles. The third-order valence-electron chi connectivity index (χ3n) is 3.50. The van der Waals surface area contributed by atoms with Crippen molar-refractivity contribution in [3.8, 4) is 0 Å². The number of pyridine rings is 1. The van der Waals surface area contributed by atoms with Crippen LogP contribution < -0.4 is 5.32 Å². The molecule has 18 heavy (non-hydrogen) atoms. The fraction of sp³-hybridized carbons (Fsp3) is 0.571. The molecule has 2 atom stereocenters. The first-order valence-electron chi connectivity index (χ1n) is 6.47. The molecule has 2 rings (SSSR count). The van der Waals surface area contributed by atoms with E-state index >= 15 is 0 Å². The third kappa shape index (κ3) is 3.28. The molecule has 1 heterocycles. The summed E-state index contributed by atoms with van der Waals surface area (Å²) in [6, 6.07) is 2.91. The van der Waals surface area contributed by atoms with Gasteiger partial charge in [-0.2, -0.15) is 4.39 Å². The zero-order chi connectivity index (χ0) is 13.1. The van der Waals surface area contributed by atoms with Crippen molar-refractivity contribution in [3.05, 3.63) is 29.8 Å². The third-order valence-corrected chi connectivity index (χ3v) is 3.50. The molecule has 1 amide bonds. The van der Waals surface area contributed by atoms with Gasteiger partial charge in [0.25, 0.3) is 5.91 Å². The molecule has 0 spiro atoms. The van der Waals surface area contributed by atoms with Crippen molar-refractivity contribution in [1.82, 2.24) is 10.3 Å². The van der Waals surface area contributed by atoms with Crippen LogP contribution >= 0.6 is 0 Å². The molecule has 4 heteroatoms. The summed E-state index contributed by atoms with van der Waals surface area (Å²) in [6.07, 6.45) is 4.54. The number of rotatable bonds is 2. The number of halogens is 1. The van der Waals surface area contributed by atoms with Gasteiger partial charge in [0.2, 0.25) is 5.95 Å². The fourth-order valence-electron chi connectivity index (χ4n) is 2.88. The van der Waals surface area contributed by atoms with Gasteiger partial charge in [-0.1, -0.05) is 13.8 Å². The second-order valence-corrected chi connectivity index (χ2v) is 5.46. The van der Waals surface area contributed by atoms with E-state index in [2.05, 4.69) is 24.1 Å². The minimum atomic E-state index is -0.618. The maximum absolute atomic E-state index is 12.9. The molecule has 1 aromatic rings. The first kappa shape index (κ1) is 13.0. The second kappa shape index (κ2) is 5.46. The van der Waals surface area contributed by atoms with E-state index < -0.39 is 5.95 Å². The highest BCUT2D eigenvalue weighted by Gasteiger charge is 2.25. The standard InChI is InChI=1S/C14H19FN2O/c1-9-5-10(2)7-12(6-9)17-14(18)11-3-4-16-13(15)8-11/h3-4,8-10,12H,5-7H2,1-2H3,(H,17,18). The summed E-state index contributed by atoms with van der Waals surface area (Å²) >= 11 is 0. The molecule has 3 nitrogen and oxygen atoms in total. The largest absolute Gasteiger partial charge is 0.349 e. The number of nitrogens with one attached hydrogen (secondary N) is 1. The average molecular weight is 250 g/mol. The fourth-order valence-corrected chi connectivity index (χ4v) is 2.88. The van der Waals surface area contributed by atoms with Crippen molar-refractivity contribution in [3.63, 3.8) is 0 Å². The molecular weight excluding hydrogens is 231 g/mol. The van der Waals surface area contributed by atoms with Crippen LogP contribution in [0.15, 0.2) is 18.3 Å². The number of hydrogen-bond acceptors (Lipinski definition) is 2. The van der Waals surface area contributed by atoms with Gasteiger partial charge in [0.05, 0.1) is 0 Å². The topological polar surface area (TPSA) is 42.0 Å². The average Bonchev–Trinajstić information content (AvgIpc) is 2.27. The normalized spacial score (nSPS) is 27.8. The van der Waals surface area contributed by atoms with E-state index in [0.29, 0.717) is 17.4 Å². The summed E-state index contributed by atoms with van der Waals surface area (Å²) in [5.74, 6) is 0.442. The molecule has 1 aliphatic carbocycles. The zero-order valence-corrected chi connectivity index (χ0v) is 10.8. The Balaban J connectivity index is 1.99. The Morgan fingerprint density at radius 3 is 2.61 bits per heavy atom. The van der Waals surface area contributed by atoms with Crippen LogP contribution in [0.5, 0.6) is 0 Å². The SMILES string of the molecule is CC1CC(C)CC(NC(=O)c2ccnc(F)c2)C1. The summed E-state index contributed by atoms with van der Waals surface area (Å²) < 4.78 is 12.9. The molecule has 0 aromatic carbocycles. The smallest absolute Gasteiger partial charge is 0.251 e. The van der Waals surface area contributed by atoms with Gasteiger partial charge in [-0.15, -0.1) is 0 Å². The first-order valence-corrected chi connectivity index (χ1v) is 6.47. The van der Waals surface area contributed by atoms with E-state index in [-0.39, 0.29) is 11.9 Å². The van der Waals surface area contributed by atoms with Gasteiger partial charge >= 0.3 is 0 Å². The van der Waals surface area contributed by atoms with E-state index in [1.165, 1.54) is 24.8 Å². The monoisotopic (exact) mass is 250 g/mol. The van der Waals surface area contributed by atoms with Crippen LogP contribution in [0.1, 0.15) is 43.5 Å². The summed E-state index contributed by atoms with van der Waals surface area (Å²) in [5.41, 5.74) is 0.341. The number of nitrogens with zero attached hydrogens (tertiary/aromatic N) is 1. The Kier molecular flexibility index (Phi) is 3.94. The molecule has 1 saturated carbocycles. The first-order chi connectivity index (χ1) is 8.54. The molecule has 0 saturated heterocycles. The molecule has 1 N–H and O–H groups in total. The summed E-state index contributed by atoms with van der Waals surface area (Å²) in [4.78, 5) is 15.4.